The van der Waals surface area contributed by atoms with Gasteiger partial charge >= 0.3 is 0 Å². The van der Waals surface area contributed by atoms with Crippen molar-refractivity contribution in [1.82, 2.24) is 0 Å². The van der Waals surface area contributed by atoms with Crippen LogP contribution in [-0.4, -0.2) is 0 Å². The largest absolute Gasteiger partial charge is 0.0654 e. The number of rotatable bonds is 6. The van der Waals surface area contributed by atoms with Crippen LogP contribution in [0.25, 0.3) is 43.1 Å². The van der Waals surface area contributed by atoms with Gasteiger partial charge in [-0.15, -0.1) is 0 Å². The first-order valence-electron chi connectivity index (χ1n) is 11.1. The minimum absolute atomic E-state index is 0.745. The van der Waals surface area contributed by atoms with Crippen molar-refractivity contribution in [1.29, 1.82) is 0 Å². The zero-order chi connectivity index (χ0) is 20.8. The van der Waals surface area contributed by atoms with Crippen molar-refractivity contribution in [3.63, 3.8) is 0 Å². The molecule has 0 nitrogen and oxygen atoms in total. The minimum atomic E-state index is 0.745. The summed E-state index contributed by atoms with van der Waals surface area (Å²) in [4.78, 5) is 0. The summed E-state index contributed by atoms with van der Waals surface area (Å²) < 4.78 is 2.46. The fourth-order valence-electron chi connectivity index (χ4n) is 5.18. The second kappa shape index (κ2) is 8.13. The van der Waals surface area contributed by atoms with Crippen LogP contribution in [0.4, 0.5) is 0 Å². The van der Waals surface area contributed by atoms with Gasteiger partial charge in [-0.1, -0.05) is 97.9 Å². The predicted molar refractivity (Wildman–Crippen MR) is 140 cm³/mol. The van der Waals surface area contributed by atoms with Gasteiger partial charge in [0.25, 0.3) is 0 Å². The molecule has 5 aromatic rings. The summed E-state index contributed by atoms with van der Waals surface area (Å²) in [6.45, 7) is 4.63. The van der Waals surface area contributed by atoms with Crippen molar-refractivity contribution < 1.29 is 0 Å². The number of hydrogen-bond donors (Lipinski definition) is 0. The van der Waals surface area contributed by atoms with E-state index in [4.69, 9.17) is 0 Å². The molecule has 0 N–H and O–H groups in total. The van der Waals surface area contributed by atoms with E-state index in [0.717, 1.165) is 12.3 Å². The van der Waals surface area contributed by atoms with E-state index >= 15 is 0 Å². The average molecular weight is 522 g/mol. The molecule has 0 aliphatic carbocycles. The van der Waals surface area contributed by atoms with Crippen LogP contribution in [0.1, 0.15) is 45.1 Å². The van der Waals surface area contributed by atoms with E-state index in [2.05, 4.69) is 100 Å². The quantitative estimate of drug-likeness (QED) is 0.154. The lowest BCUT2D eigenvalue weighted by Gasteiger charge is -2.20. The zero-order valence-corrected chi connectivity index (χ0v) is 20.7. The van der Waals surface area contributed by atoms with Gasteiger partial charge in [0.1, 0.15) is 0 Å². The van der Waals surface area contributed by atoms with Crippen LogP contribution in [0.3, 0.4) is 0 Å². The van der Waals surface area contributed by atoms with Gasteiger partial charge in [0.2, 0.25) is 0 Å². The van der Waals surface area contributed by atoms with Crippen molar-refractivity contribution in [2.75, 3.05) is 0 Å². The third-order valence-corrected chi connectivity index (χ3v) is 8.33. The summed E-state index contributed by atoms with van der Waals surface area (Å²) in [5, 5.41) is 10.8. The van der Waals surface area contributed by atoms with Gasteiger partial charge in [-0.3, -0.25) is 0 Å². The lowest BCUT2D eigenvalue weighted by atomic mass is 9.86. The van der Waals surface area contributed by atoms with E-state index in [-0.39, 0.29) is 0 Å². The molecule has 2 heteroatoms. The van der Waals surface area contributed by atoms with Gasteiger partial charge in [-0.05, 0) is 78.3 Å². The molecule has 0 saturated carbocycles. The molecule has 0 heterocycles. The Morgan fingerprint density at radius 3 is 2.20 bits per heavy atom. The average Bonchev–Trinajstić information content (AvgIpc) is 2.77. The van der Waals surface area contributed by atoms with E-state index in [0.29, 0.717) is 0 Å². The fourth-order valence-corrected chi connectivity index (χ4v) is 6.41. The molecule has 0 radical (unpaired) electrons. The molecule has 0 amide bonds. The molecule has 30 heavy (non-hydrogen) atoms. The highest BCUT2D eigenvalue weighted by molar-refractivity contribution is 9.11. The first-order valence-corrected chi connectivity index (χ1v) is 12.7. The highest BCUT2D eigenvalue weighted by Gasteiger charge is 2.19. The maximum atomic E-state index is 4.08. The Bertz CT molecular complexity index is 1370. The second-order valence-electron chi connectivity index (χ2n) is 8.58. The summed E-state index contributed by atoms with van der Waals surface area (Å²) >= 11 is 7.93. The fraction of sp³-hybridized carbons (Fsp3) is 0.286. The van der Waals surface area contributed by atoms with Crippen molar-refractivity contribution >= 4 is 74.9 Å². The van der Waals surface area contributed by atoms with Crippen LogP contribution in [0.15, 0.2) is 63.5 Å². The predicted octanol–water partition coefficient (Wildman–Crippen LogP) is 10.0. The number of fused-ring (bicyclic) bond motifs is 2. The third-order valence-electron chi connectivity index (χ3n) is 6.76. The topological polar surface area (TPSA) is 0 Å². The van der Waals surface area contributed by atoms with Crippen molar-refractivity contribution in [2.24, 2.45) is 5.92 Å². The van der Waals surface area contributed by atoms with Crippen molar-refractivity contribution in [3.05, 3.63) is 69.1 Å². The molecule has 152 valence electrons. The summed E-state index contributed by atoms with van der Waals surface area (Å²) in [6.07, 6.45) is 6.30. The molecule has 1 unspecified atom stereocenters. The monoisotopic (exact) mass is 520 g/mol. The number of benzene rings is 5. The van der Waals surface area contributed by atoms with E-state index in [9.17, 15) is 0 Å². The summed E-state index contributed by atoms with van der Waals surface area (Å²) in [7, 11) is 0. The van der Waals surface area contributed by atoms with E-state index < -0.39 is 0 Å². The van der Waals surface area contributed by atoms with Gasteiger partial charge in [-0.25, -0.2) is 0 Å². The smallest absolute Gasteiger partial charge is 0.0292 e. The lowest BCUT2D eigenvalue weighted by Crippen LogP contribution is -2.04. The van der Waals surface area contributed by atoms with Gasteiger partial charge < -0.3 is 0 Å². The highest BCUT2D eigenvalue weighted by atomic mass is 79.9. The molecular weight excluding hydrogens is 496 g/mol. The van der Waals surface area contributed by atoms with Gasteiger partial charge in [0, 0.05) is 19.7 Å². The standard InChI is InChI=1S/C28H26Br2/c1-3-5-8-17(4-2)15-20-16-19-10-7-11-21-25(19)27(28(20)30)22-12-6-9-18-13-14-23(29)26(21)24(18)22/h6-7,9-14,16-17H,3-5,8,15H2,1-2H3. The van der Waals surface area contributed by atoms with Crippen LogP contribution in [0, 0.1) is 5.92 Å². The van der Waals surface area contributed by atoms with E-state index in [1.54, 1.807) is 0 Å². The molecule has 5 rings (SSSR count). The van der Waals surface area contributed by atoms with Crippen LogP contribution in [0.5, 0.6) is 0 Å². The Kier molecular flexibility index (Phi) is 5.49. The summed E-state index contributed by atoms with van der Waals surface area (Å²) in [5.74, 6) is 0.745. The Balaban J connectivity index is 1.87. The van der Waals surface area contributed by atoms with Crippen LogP contribution < -0.4 is 0 Å². The van der Waals surface area contributed by atoms with Crippen LogP contribution in [0.2, 0.25) is 0 Å². The normalized spacial score (nSPS) is 13.2. The van der Waals surface area contributed by atoms with Crippen LogP contribution in [-0.2, 0) is 6.42 Å². The van der Waals surface area contributed by atoms with Crippen LogP contribution >= 0.6 is 31.9 Å². The Labute approximate surface area is 195 Å². The van der Waals surface area contributed by atoms with Gasteiger partial charge in [0.15, 0.2) is 0 Å². The lowest BCUT2D eigenvalue weighted by molar-refractivity contribution is 0.449. The molecule has 0 aliphatic heterocycles. The van der Waals surface area contributed by atoms with Gasteiger partial charge in [-0.2, -0.15) is 0 Å². The molecule has 0 fully saturated rings. The Hall–Kier alpha value is -1.64. The number of hydrogen-bond acceptors (Lipinski definition) is 0. The second-order valence-corrected chi connectivity index (χ2v) is 10.2. The molecule has 5 aromatic carbocycles. The molecule has 1 atom stereocenters. The number of unbranched alkanes of at least 4 members (excludes halogenated alkanes) is 1. The summed E-state index contributed by atoms with van der Waals surface area (Å²) in [6, 6.07) is 20.4. The molecular formula is C28H26Br2. The maximum Gasteiger partial charge on any atom is 0.0292 e. The first-order chi connectivity index (χ1) is 14.6. The molecule has 0 bridgehead atoms. The van der Waals surface area contributed by atoms with Gasteiger partial charge in [0.05, 0.1) is 0 Å². The maximum absolute atomic E-state index is 4.08. The highest BCUT2D eigenvalue weighted by Crippen LogP contribution is 2.46. The van der Waals surface area contributed by atoms with E-state index in [1.165, 1.54) is 83.3 Å². The number of halogens is 2. The minimum Gasteiger partial charge on any atom is -0.0654 e. The third kappa shape index (κ3) is 3.15. The molecule has 0 saturated heterocycles. The zero-order valence-electron chi connectivity index (χ0n) is 17.6. The SMILES string of the molecule is CCCCC(CC)Cc1cc2cccc3c4c(Br)ccc5cccc(c(c1Br)c23)c54. The summed E-state index contributed by atoms with van der Waals surface area (Å²) in [5.41, 5.74) is 1.45. The Morgan fingerprint density at radius 2 is 1.47 bits per heavy atom. The van der Waals surface area contributed by atoms with E-state index in [1.807, 2.05) is 0 Å². The first kappa shape index (κ1) is 20.3. The molecule has 0 aromatic heterocycles. The van der Waals surface area contributed by atoms with Crippen molar-refractivity contribution in [2.45, 2.75) is 46.0 Å². The molecule has 0 spiro atoms. The Morgan fingerprint density at radius 1 is 0.767 bits per heavy atom. The van der Waals surface area contributed by atoms with Crippen molar-refractivity contribution in [3.8, 4) is 0 Å². The molecule has 0 aliphatic rings.